The van der Waals surface area contributed by atoms with Gasteiger partial charge in [-0.05, 0) is 12.8 Å². The maximum absolute atomic E-state index is 10.4. The van der Waals surface area contributed by atoms with Crippen molar-refractivity contribution in [3.63, 3.8) is 0 Å². The molecule has 0 amide bonds. The van der Waals surface area contributed by atoms with Gasteiger partial charge in [0, 0.05) is 5.75 Å². The van der Waals surface area contributed by atoms with E-state index in [4.69, 9.17) is 0 Å². The molecule has 58 valence electrons. The Morgan fingerprint density at radius 2 is 2.20 bits per heavy atom. The molecule has 0 aromatic carbocycles. The van der Waals surface area contributed by atoms with Crippen molar-refractivity contribution in [2.24, 2.45) is 0 Å². The Bertz CT molecular complexity index is 97.8. The second-order valence-corrected chi connectivity index (χ2v) is 5.17. The lowest BCUT2D eigenvalue weighted by Crippen LogP contribution is -2.04. The molecule has 1 fully saturated rings. The van der Waals surface area contributed by atoms with Gasteiger partial charge < -0.3 is 4.79 Å². The van der Waals surface area contributed by atoms with Crippen molar-refractivity contribution in [1.82, 2.24) is 0 Å². The summed E-state index contributed by atoms with van der Waals surface area (Å²) in [5, 5.41) is 0.269. The third kappa shape index (κ3) is 2.97. The highest BCUT2D eigenvalue weighted by atomic mass is 33.1. The van der Waals surface area contributed by atoms with Gasteiger partial charge in [-0.2, -0.15) is 0 Å². The van der Waals surface area contributed by atoms with Crippen LogP contribution in [-0.4, -0.2) is 17.3 Å². The van der Waals surface area contributed by atoms with E-state index in [0.29, 0.717) is 0 Å². The van der Waals surface area contributed by atoms with Crippen molar-refractivity contribution in [3.8, 4) is 0 Å². The summed E-state index contributed by atoms with van der Waals surface area (Å²) in [5.74, 6) is 1.22. The lowest BCUT2D eigenvalue weighted by atomic mass is 10.2. The normalized spacial score (nSPS) is 28.6. The first-order valence-electron chi connectivity index (χ1n) is 3.67. The molecule has 1 aliphatic rings. The van der Waals surface area contributed by atoms with Gasteiger partial charge in [0.05, 0.1) is 5.25 Å². The molecule has 0 aromatic heterocycles. The summed E-state index contributed by atoms with van der Waals surface area (Å²) in [6, 6.07) is 0. The largest absolute Gasteiger partial charge is 0.302 e. The van der Waals surface area contributed by atoms with Crippen molar-refractivity contribution >= 4 is 27.9 Å². The minimum atomic E-state index is 0.269. The van der Waals surface area contributed by atoms with Gasteiger partial charge in [0.15, 0.2) is 0 Å². The lowest BCUT2D eigenvalue weighted by Gasteiger charge is -2.11. The number of hydrogen-bond acceptors (Lipinski definition) is 3. The summed E-state index contributed by atoms with van der Waals surface area (Å²) in [6.07, 6.45) is 6.03. The van der Waals surface area contributed by atoms with Gasteiger partial charge >= 0.3 is 0 Å². The molecule has 1 unspecified atom stereocenters. The zero-order chi connectivity index (χ0) is 7.23. The Labute approximate surface area is 69.7 Å². The van der Waals surface area contributed by atoms with Crippen LogP contribution in [0.4, 0.5) is 0 Å². The molecule has 10 heavy (non-hydrogen) atoms. The number of carbonyl (C=O) groups is 1. The monoisotopic (exact) mass is 176 g/mol. The molecule has 0 N–H and O–H groups in total. The Balaban J connectivity index is 2.22. The summed E-state index contributed by atoms with van der Waals surface area (Å²) in [7, 11) is 3.59. The molecular weight excluding hydrogens is 164 g/mol. The third-order valence-corrected chi connectivity index (χ3v) is 4.39. The Morgan fingerprint density at radius 1 is 1.30 bits per heavy atom. The van der Waals surface area contributed by atoms with Gasteiger partial charge in [0.25, 0.3) is 0 Å². The number of rotatable bonds is 1. The van der Waals surface area contributed by atoms with Crippen LogP contribution in [0.3, 0.4) is 0 Å². The van der Waals surface area contributed by atoms with Crippen LogP contribution in [0, 0.1) is 0 Å². The quantitative estimate of drug-likeness (QED) is 0.451. The number of carbonyl (C=O) groups excluding carboxylic acids is 1. The molecule has 0 aliphatic carbocycles. The van der Waals surface area contributed by atoms with Gasteiger partial charge in [-0.1, -0.05) is 34.4 Å². The van der Waals surface area contributed by atoms with E-state index in [2.05, 4.69) is 0 Å². The Hall–Kier alpha value is 0.370. The molecule has 0 bridgehead atoms. The van der Waals surface area contributed by atoms with E-state index in [0.717, 1.165) is 12.7 Å². The predicted molar refractivity (Wildman–Crippen MR) is 48.4 cm³/mol. The van der Waals surface area contributed by atoms with Crippen LogP contribution < -0.4 is 0 Å². The fourth-order valence-corrected chi connectivity index (χ4v) is 3.45. The summed E-state index contributed by atoms with van der Waals surface area (Å²) >= 11 is 0. The second-order valence-electron chi connectivity index (χ2n) is 2.44. The van der Waals surface area contributed by atoms with Crippen LogP contribution in [0.15, 0.2) is 0 Å². The van der Waals surface area contributed by atoms with Gasteiger partial charge in [0.2, 0.25) is 0 Å². The first kappa shape index (κ1) is 8.47. The minimum absolute atomic E-state index is 0.269. The van der Waals surface area contributed by atoms with Crippen LogP contribution in [0.1, 0.15) is 25.7 Å². The highest BCUT2D eigenvalue weighted by Crippen LogP contribution is 2.32. The van der Waals surface area contributed by atoms with Crippen LogP contribution in [0.2, 0.25) is 0 Å². The minimum Gasteiger partial charge on any atom is -0.302 e. The number of hydrogen-bond donors (Lipinski definition) is 0. The highest BCUT2D eigenvalue weighted by Gasteiger charge is 2.09. The topological polar surface area (TPSA) is 17.1 Å². The average molecular weight is 176 g/mol. The molecule has 0 aromatic rings. The Morgan fingerprint density at radius 3 is 3.00 bits per heavy atom. The van der Waals surface area contributed by atoms with Gasteiger partial charge in [-0.3, -0.25) is 0 Å². The van der Waals surface area contributed by atoms with Gasteiger partial charge in [-0.15, -0.1) is 0 Å². The van der Waals surface area contributed by atoms with E-state index in [9.17, 15) is 4.79 Å². The van der Waals surface area contributed by atoms with Crippen molar-refractivity contribution < 1.29 is 4.79 Å². The molecule has 1 rings (SSSR count). The fourth-order valence-electron chi connectivity index (χ4n) is 0.958. The van der Waals surface area contributed by atoms with E-state index in [1.54, 1.807) is 10.8 Å². The molecule has 0 radical (unpaired) electrons. The molecule has 1 saturated heterocycles. The maximum Gasteiger partial charge on any atom is 0.133 e. The Kier molecular flexibility index (Phi) is 4.30. The van der Waals surface area contributed by atoms with Crippen LogP contribution in [-0.2, 0) is 4.79 Å². The van der Waals surface area contributed by atoms with E-state index in [1.807, 2.05) is 10.8 Å². The van der Waals surface area contributed by atoms with E-state index >= 15 is 0 Å². The SMILES string of the molecule is O=CC1CCCCCSS1. The van der Waals surface area contributed by atoms with Crippen molar-refractivity contribution in [2.45, 2.75) is 30.9 Å². The van der Waals surface area contributed by atoms with Gasteiger partial charge in [0.1, 0.15) is 6.29 Å². The maximum atomic E-state index is 10.4. The first-order valence-corrected chi connectivity index (χ1v) is 6.05. The molecule has 0 saturated carbocycles. The molecular formula is C7H12OS2. The predicted octanol–water partition coefficient (Wildman–Crippen LogP) is 2.51. The van der Waals surface area contributed by atoms with E-state index < -0.39 is 0 Å². The van der Waals surface area contributed by atoms with Crippen molar-refractivity contribution in [3.05, 3.63) is 0 Å². The molecule has 3 heteroatoms. The zero-order valence-corrected chi connectivity index (χ0v) is 7.55. The average Bonchev–Trinajstić information content (AvgIpc) is 1.87. The van der Waals surface area contributed by atoms with Crippen LogP contribution in [0.25, 0.3) is 0 Å². The second kappa shape index (κ2) is 5.08. The zero-order valence-electron chi connectivity index (χ0n) is 5.91. The summed E-state index contributed by atoms with van der Waals surface area (Å²) in [5.41, 5.74) is 0. The van der Waals surface area contributed by atoms with Crippen LogP contribution in [0.5, 0.6) is 0 Å². The van der Waals surface area contributed by atoms with Crippen molar-refractivity contribution in [2.75, 3.05) is 5.75 Å². The van der Waals surface area contributed by atoms with Gasteiger partial charge in [-0.25, -0.2) is 0 Å². The smallest absolute Gasteiger partial charge is 0.133 e. The van der Waals surface area contributed by atoms with E-state index in [1.165, 1.54) is 25.0 Å². The summed E-state index contributed by atoms with van der Waals surface area (Å²) < 4.78 is 0. The first-order chi connectivity index (χ1) is 4.93. The third-order valence-electron chi connectivity index (χ3n) is 1.56. The molecule has 0 spiro atoms. The summed E-state index contributed by atoms with van der Waals surface area (Å²) in [4.78, 5) is 10.4. The lowest BCUT2D eigenvalue weighted by molar-refractivity contribution is -0.107. The molecule has 1 nitrogen and oxygen atoms in total. The fraction of sp³-hybridized carbons (Fsp3) is 0.857. The number of aldehydes is 1. The van der Waals surface area contributed by atoms with Crippen molar-refractivity contribution in [1.29, 1.82) is 0 Å². The summed E-state index contributed by atoms with van der Waals surface area (Å²) in [6.45, 7) is 0. The molecule has 1 heterocycles. The molecule has 1 aliphatic heterocycles. The standard InChI is InChI=1S/C7H12OS2/c8-6-7-4-2-1-3-5-9-10-7/h6-7H,1-5H2. The molecule has 1 atom stereocenters. The van der Waals surface area contributed by atoms with E-state index in [-0.39, 0.29) is 5.25 Å². The highest BCUT2D eigenvalue weighted by molar-refractivity contribution is 8.77. The van der Waals surface area contributed by atoms with Crippen LogP contribution >= 0.6 is 21.6 Å².